The molecular formula is C14H15BrN2O. The highest BCUT2D eigenvalue weighted by Gasteiger charge is 2.11. The Balaban J connectivity index is 2.24. The zero-order valence-corrected chi connectivity index (χ0v) is 12.0. The third kappa shape index (κ3) is 2.48. The second-order valence-electron chi connectivity index (χ2n) is 4.05. The predicted octanol–water partition coefficient (Wildman–Crippen LogP) is 3.83. The number of carbonyl (C=O) groups is 1. The van der Waals surface area contributed by atoms with Crippen LogP contribution in [0, 0.1) is 6.92 Å². The van der Waals surface area contributed by atoms with E-state index in [1.54, 1.807) is 0 Å². The Hall–Kier alpha value is -1.55. The second-order valence-corrected chi connectivity index (χ2v) is 4.90. The van der Waals surface area contributed by atoms with E-state index < -0.39 is 0 Å². The predicted molar refractivity (Wildman–Crippen MR) is 76.9 cm³/mol. The van der Waals surface area contributed by atoms with Crippen molar-refractivity contribution in [2.75, 3.05) is 5.32 Å². The summed E-state index contributed by atoms with van der Waals surface area (Å²) >= 11 is 3.46. The molecule has 3 nitrogen and oxygen atoms in total. The van der Waals surface area contributed by atoms with Gasteiger partial charge in [-0.3, -0.25) is 4.79 Å². The van der Waals surface area contributed by atoms with Crippen LogP contribution in [-0.2, 0) is 6.54 Å². The van der Waals surface area contributed by atoms with Crippen LogP contribution >= 0.6 is 15.9 Å². The van der Waals surface area contributed by atoms with Crippen molar-refractivity contribution in [1.82, 2.24) is 4.57 Å². The zero-order valence-electron chi connectivity index (χ0n) is 10.4. The summed E-state index contributed by atoms with van der Waals surface area (Å²) < 4.78 is 2.91. The maximum Gasteiger partial charge on any atom is 0.272 e. The Kier molecular flexibility index (Phi) is 3.87. The molecule has 0 spiro atoms. The molecule has 0 aliphatic carbocycles. The van der Waals surface area contributed by atoms with Crippen molar-refractivity contribution < 1.29 is 4.79 Å². The molecule has 0 saturated heterocycles. The second kappa shape index (κ2) is 5.40. The number of aromatic nitrogens is 1. The molecule has 0 atom stereocenters. The number of hydrogen-bond donors (Lipinski definition) is 1. The Morgan fingerprint density at radius 3 is 2.83 bits per heavy atom. The fraction of sp³-hybridized carbons (Fsp3) is 0.214. The van der Waals surface area contributed by atoms with E-state index in [0.717, 1.165) is 22.3 Å². The number of rotatable bonds is 3. The van der Waals surface area contributed by atoms with E-state index in [2.05, 4.69) is 21.2 Å². The fourth-order valence-corrected chi connectivity index (χ4v) is 2.19. The van der Waals surface area contributed by atoms with Gasteiger partial charge in [0.25, 0.3) is 5.91 Å². The molecule has 0 aliphatic heterocycles. The summed E-state index contributed by atoms with van der Waals surface area (Å²) in [7, 11) is 0. The molecule has 94 valence electrons. The van der Waals surface area contributed by atoms with Crippen molar-refractivity contribution in [3.8, 4) is 0 Å². The number of halogens is 1. The summed E-state index contributed by atoms with van der Waals surface area (Å²) in [5.74, 6) is -0.0805. The number of aryl methyl sites for hydroxylation is 1. The lowest BCUT2D eigenvalue weighted by molar-refractivity contribution is 0.101. The Morgan fingerprint density at radius 1 is 1.33 bits per heavy atom. The lowest BCUT2D eigenvalue weighted by Gasteiger charge is -2.11. The largest absolute Gasteiger partial charge is 0.344 e. The number of carbonyl (C=O) groups excluding carboxylic acids is 1. The molecule has 0 unspecified atom stereocenters. The van der Waals surface area contributed by atoms with Crippen LogP contribution in [0.5, 0.6) is 0 Å². The normalized spacial score (nSPS) is 10.4. The average molecular weight is 307 g/mol. The van der Waals surface area contributed by atoms with Gasteiger partial charge in [0.15, 0.2) is 0 Å². The minimum Gasteiger partial charge on any atom is -0.344 e. The molecule has 0 fully saturated rings. The zero-order chi connectivity index (χ0) is 13.1. The summed E-state index contributed by atoms with van der Waals surface area (Å²) in [5.41, 5.74) is 2.54. The number of amides is 1. The van der Waals surface area contributed by atoms with Crippen LogP contribution in [0.2, 0.25) is 0 Å². The maximum atomic E-state index is 12.2. The van der Waals surface area contributed by atoms with E-state index in [9.17, 15) is 4.79 Å². The van der Waals surface area contributed by atoms with Crippen LogP contribution in [0.15, 0.2) is 41.0 Å². The summed E-state index contributed by atoms with van der Waals surface area (Å²) in [6, 6.07) is 9.47. The van der Waals surface area contributed by atoms with E-state index in [1.807, 2.05) is 54.9 Å². The van der Waals surface area contributed by atoms with Gasteiger partial charge < -0.3 is 9.88 Å². The average Bonchev–Trinajstić information content (AvgIpc) is 2.83. The van der Waals surface area contributed by atoms with E-state index in [0.29, 0.717) is 5.69 Å². The van der Waals surface area contributed by atoms with Gasteiger partial charge in [-0.2, -0.15) is 0 Å². The van der Waals surface area contributed by atoms with Crippen molar-refractivity contribution in [2.24, 2.45) is 0 Å². The molecule has 0 bridgehead atoms. The number of nitrogens with one attached hydrogen (secondary N) is 1. The summed E-state index contributed by atoms with van der Waals surface area (Å²) in [6.07, 6.45) is 1.91. The van der Waals surface area contributed by atoms with Crippen LogP contribution < -0.4 is 5.32 Å². The van der Waals surface area contributed by atoms with Crippen molar-refractivity contribution in [2.45, 2.75) is 20.4 Å². The molecule has 4 heteroatoms. The van der Waals surface area contributed by atoms with Gasteiger partial charge in [0.05, 0.1) is 0 Å². The van der Waals surface area contributed by atoms with Gasteiger partial charge >= 0.3 is 0 Å². The minimum atomic E-state index is -0.0805. The van der Waals surface area contributed by atoms with Crippen molar-refractivity contribution >= 4 is 27.5 Å². The van der Waals surface area contributed by atoms with E-state index in [4.69, 9.17) is 0 Å². The van der Waals surface area contributed by atoms with E-state index >= 15 is 0 Å². The fourth-order valence-electron chi connectivity index (χ4n) is 1.83. The number of benzene rings is 1. The summed E-state index contributed by atoms with van der Waals surface area (Å²) in [5, 5.41) is 2.94. The van der Waals surface area contributed by atoms with Crippen LogP contribution in [0.1, 0.15) is 23.0 Å². The Morgan fingerprint density at radius 2 is 2.11 bits per heavy atom. The van der Waals surface area contributed by atoms with Crippen molar-refractivity contribution in [1.29, 1.82) is 0 Å². The molecule has 1 N–H and O–H groups in total. The molecule has 2 aromatic rings. The van der Waals surface area contributed by atoms with Crippen molar-refractivity contribution in [3.63, 3.8) is 0 Å². The van der Waals surface area contributed by atoms with Gasteiger partial charge in [-0.25, -0.2) is 0 Å². The quantitative estimate of drug-likeness (QED) is 0.918. The summed E-state index contributed by atoms with van der Waals surface area (Å²) in [4.78, 5) is 12.2. The first-order valence-corrected chi connectivity index (χ1v) is 6.64. The molecule has 0 aliphatic rings. The highest BCUT2D eigenvalue weighted by Crippen LogP contribution is 2.23. The highest BCUT2D eigenvalue weighted by molar-refractivity contribution is 9.10. The molecule has 0 saturated carbocycles. The van der Waals surface area contributed by atoms with Crippen LogP contribution in [0.25, 0.3) is 0 Å². The maximum absolute atomic E-state index is 12.2. The third-order valence-electron chi connectivity index (χ3n) is 2.92. The number of nitrogens with zero attached hydrogens (tertiary/aromatic N) is 1. The van der Waals surface area contributed by atoms with Crippen LogP contribution in [-0.4, -0.2) is 10.5 Å². The molecule has 1 aromatic heterocycles. The highest BCUT2D eigenvalue weighted by atomic mass is 79.9. The first-order chi connectivity index (χ1) is 8.63. The number of anilines is 1. The third-order valence-corrected chi connectivity index (χ3v) is 3.78. The first-order valence-electron chi connectivity index (χ1n) is 5.85. The summed E-state index contributed by atoms with van der Waals surface area (Å²) in [6.45, 7) is 4.77. The lowest BCUT2D eigenvalue weighted by atomic mass is 10.2. The molecule has 1 aromatic carbocycles. The van der Waals surface area contributed by atoms with Gasteiger partial charge in [-0.05, 0) is 43.7 Å². The topological polar surface area (TPSA) is 34.0 Å². The van der Waals surface area contributed by atoms with Gasteiger partial charge in [0.2, 0.25) is 0 Å². The molecule has 1 heterocycles. The smallest absolute Gasteiger partial charge is 0.272 e. The standard InChI is InChI=1S/C14H15BrN2O/c1-3-17-9-5-8-13(17)14(18)16-12-7-4-6-11(15)10(12)2/h4-9H,3H2,1-2H3,(H,16,18). The lowest BCUT2D eigenvalue weighted by Crippen LogP contribution is -2.17. The van der Waals surface area contributed by atoms with Gasteiger partial charge in [-0.1, -0.05) is 22.0 Å². The number of hydrogen-bond acceptors (Lipinski definition) is 1. The van der Waals surface area contributed by atoms with Crippen LogP contribution in [0.4, 0.5) is 5.69 Å². The Labute approximate surface area is 115 Å². The molecule has 0 radical (unpaired) electrons. The van der Waals surface area contributed by atoms with Crippen LogP contribution in [0.3, 0.4) is 0 Å². The van der Waals surface area contributed by atoms with E-state index in [-0.39, 0.29) is 5.91 Å². The van der Waals surface area contributed by atoms with Gasteiger partial charge in [-0.15, -0.1) is 0 Å². The minimum absolute atomic E-state index is 0.0805. The van der Waals surface area contributed by atoms with E-state index in [1.165, 1.54) is 0 Å². The SMILES string of the molecule is CCn1cccc1C(=O)Nc1cccc(Br)c1C. The van der Waals surface area contributed by atoms with Gasteiger partial charge in [0, 0.05) is 22.9 Å². The molecular weight excluding hydrogens is 292 g/mol. The Bertz CT molecular complexity index is 575. The monoisotopic (exact) mass is 306 g/mol. The van der Waals surface area contributed by atoms with Gasteiger partial charge in [0.1, 0.15) is 5.69 Å². The first kappa shape index (κ1) is 12.9. The molecule has 18 heavy (non-hydrogen) atoms. The molecule has 2 rings (SSSR count). The molecule has 1 amide bonds. The van der Waals surface area contributed by atoms with Crippen molar-refractivity contribution in [3.05, 3.63) is 52.3 Å².